The van der Waals surface area contributed by atoms with E-state index >= 15 is 0 Å². The highest BCUT2D eigenvalue weighted by Crippen LogP contribution is 2.35. The number of benzene rings is 1. The van der Waals surface area contributed by atoms with Crippen molar-refractivity contribution in [2.24, 2.45) is 0 Å². The molecular formula is C20H20N2O4S. The van der Waals surface area contributed by atoms with E-state index < -0.39 is 5.97 Å². The Morgan fingerprint density at radius 1 is 1.26 bits per heavy atom. The average Bonchev–Trinajstić information content (AvgIpc) is 3.08. The standard InChI is InChI=1S/C20H20N2O4S/c1-25-13-7-5-6-12(10-13)18-21-19-17(14-8-3-4-9-15(14)27-19)20(24)22(18)11-16(23)26-2/h5-7,10H,3-4,8-9,11H2,1-2H3. The van der Waals surface area contributed by atoms with Crippen molar-refractivity contribution in [2.75, 3.05) is 14.2 Å². The summed E-state index contributed by atoms with van der Waals surface area (Å²) in [5, 5.41) is 0.658. The van der Waals surface area contributed by atoms with Crippen LogP contribution >= 0.6 is 11.3 Å². The van der Waals surface area contributed by atoms with Gasteiger partial charge < -0.3 is 9.47 Å². The SMILES string of the molecule is COC(=O)Cn1c(-c2cccc(OC)c2)nc2sc3c(c2c1=O)CCCC3. The minimum atomic E-state index is -0.480. The van der Waals surface area contributed by atoms with Gasteiger partial charge in [0.1, 0.15) is 22.9 Å². The minimum Gasteiger partial charge on any atom is -0.497 e. The maximum Gasteiger partial charge on any atom is 0.325 e. The highest BCUT2D eigenvalue weighted by atomic mass is 32.1. The number of carbonyl (C=O) groups excluding carboxylic acids is 1. The maximum absolute atomic E-state index is 13.4. The summed E-state index contributed by atoms with van der Waals surface area (Å²) in [6.45, 7) is -0.171. The van der Waals surface area contributed by atoms with Crippen LogP contribution in [0.15, 0.2) is 29.1 Å². The monoisotopic (exact) mass is 384 g/mol. The topological polar surface area (TPSA) is 70.4 Å². The highest BCUT2D eigenvalue weighted by Gasteiger charge is 2.23. The molecule has 4 rings (SSSR count). The predicted octanol–water partition coefficient (Wildman–Crippen LogP) is 3.19. The first-order chi connectivity index (χ1) is 13.1. The number of rotatable bonds is 4. The van der Waals surface area contributed by atoms with Crippen LogP contribution in [0.3, 0.4) is 0 Å². The first kappa shape index (κ1) is 17.7. The predicted molar refractivity (Wildman–Crippen MR) is 105 cm³/mol. The lowest BCUT2D eigenvalue weighted by Gasteiger charge is -2.13. The molecule has 1 aliphatic rings. The van der Waals surface area contributed by atoms with Crippen LogP contribution in [0.1, 0.15) is 23.3 Å². The van der Waals surface area contributed by atoms with Gasteiger partial charge in [-0.25, -0.2) is 4.98 Å². The average molecular weight is 384 g/mol. The van der Waals surface area contributed by atoms with Crippen LogP contribution in [0.4, 0.5) is 0 Å². The van der Waals surface area contributed by atoms with Crippen molar-refractivity contribution in [3.05, 3.63) is 45.1 Å². The van der Waals surface area contributed by atoms with E-state index in [4.69, 9.17) is 14.5 Å². The van der Waals surface area contributed by atoms with Gasteiger partial charge in [-0.15, -0.1) is 11.3 Å². The number of nitrogens with zero attached hydrogens (tertiary/aromatic N) is 2. The number of thiophene rings is 1. The number of fused-ring (bicyclic) bond motifs is 3. The number of methoxy groups -OCH3 is 2. The lowest BCUT2D eigenvalue weighted by Crippen LogP contribution is -2.28. The van der Waals surface area contributed by atoms with Crippen molar-refractivity contribution >= 4 is 27.5 Å². The summed E-state index contributed by atoms with van der Waals surface area (Å²) in [7, 11) is 2.90. The highest BCUT2D eigenvalue weighted by molar-refractivity contribution is 7.18. The Morgan fingerprint density at radius 3 is 2.85 bits per heavy atom. The summed E-state index contributed by atoms with van der Waals surface area (Å²) >= 11 is 1.59. The molecule has 0 saturated carbocycles. The zero-order valence-electron chi connectivity index (χ0n) is 15.3. The summed E-state index contributed by atoms with van der Waals surface area (Å²) in [6.07, 6.45) is 4.09. The van der Waals surface area contributed by atoms with E-state index in [0.717, 1.165) is 41.6 Å². The van der Waals surface area contributed by atoms with Gasteiger partial charge in [0, 0.05) is 10.4 Å². The van der Waals surface area contributed by atoms with Crippen molar-refractivity contribution in [1.29, 1.82) is 0 Å². The molecule has 0 bridgehead atoms. The summed E-state index contributed by atoms with van der Waals surface area (Å²) in [5.74, 6) is 0.638. The van der Waals surface area contributed by atoms with Gasteiger partial charge in [0.05, 0.1) is 19.6 Å². The van der Waals surface area contributed by atoms with Gasteiger partial charge >= 0.3 is 5.97 Å². The Bertz CT molecular complexity index is 1080. The molecule has 27 heavy (non-hydrogen) atoms. The van der Waals surface area contributed by atoms with Crippen LogP contribution in [0.25, 0.3) is 21.6 Å². The van der Waals surface area contributed by atoms with E-state index in [-0.39, 0.29) is 12.1 Å². The summed E-state index contributed by atoms with van der Waals surface area (Å²) < 4.78 is 11.5. The molecule has 1 aromatic carbocycles. The van der Waals surface area contributed by atoms with E-state index in [1.54, 1.807) is 18.4 Å². The van der Waals surface area contributed by atoms with E-state index in [0.29, 0.717) is 17.0 Å². The molecule has 140 valence electrons. The molecule has 0 amide bonds. The number of aryl methyl sites for hydroxylation is 2. The summed E-state index contributed by atoms with van der Waals surface area (Å²) in [4.78, 5) is 32.1. The van der Waals surface area contributed by atoms with Gasteiger partial charge in [-0.2, -0.15) is 0 Å². The third-order valence-electron chi connectivity index (χ3n) is 4.92. The van der Waals surface area contributed by atoms with E-state index in [2.05, 4.69) is 0 Å². The number of ether oxygens (including phenoxy) is 2. The molecule has 0 N–H and O–H groups in total. The summed E-state index contributed by atoms with van der Waals surface area (Å²) in [5.41, 5.74) is 1.65. The lowest BCUT2D eigenvalue weighted by atomic mass is 9.97. The van der Waals surface area contributed by atoms with Crippen LogP contribution < -0.4 is 10.3 Å². The second-order valence-electron chi connectivity index (χ2n) is 6.53. The van der Waals surface area contributed by atoms with E-state index in [1.807, 2.05) is 24.3 Å². The molecular weight excluding hydrogens is 364 g/mol. The molecule has 7 heteroatoms. The third kappa shape index (κ3) is 3.12. The molecule has 0 spiro atoms. The van der Waals surface area contributed by atoms with Gasteiger partial charge in [0.25, 0.3) is 5.56 Å². The summed E-state index contributed by atoms with van der Waals surface area (Å²) in [6, 6.07) is 7.34. The Kier molecular flexibility index (Phi) is 4.70. The number of hydrogen-bond donors (Lipinski definition) is 0. The largest absolute Gasteiger partial charge is 0.497 e. The first-order valence-electron chi connectivity index (χ1n) is 8.88. The Hall–Kier alpha value is -2.67. The molecule has 0 fully saturated rings. The molecule has 0 aliphatic heterocycles. The number of carbonyl (C=O) groups is 1. The normalized spacial score (nSPS) is 13.4. The Balaban J connectivity index is 1.99. The maximum atomic E-state index is 13.4. The van der Waals surface area contributed by atoms with Crippen LogP contribution in [0.5, 0.6) is 5.75 Å². The number of hydrogen-bond acceptors (Lipinski definition) is 6. The molecule has 2 aromatic heterocycles. The van der Waals surface area contributed by atoms with E-state index in [9.17, 15) is 9.59 Å². The first-order valence-corrected chi connectivity index (χ1v) is 9.70. The van der Waals surface area contributed by atoms with Gasteiger partial charge in [-0.1, -0.05) is 12.1 Å². The number of aromatic nitrogens is 2. The molecule has 0 radical (unpaired) electrons. The molecule has 0 unspecified atom stereocenters. The molecule has 1 aliphatic carbocycles. The van der Waals surface area contributed by atoms with Crippen molar-refractivity contribution in [1.82, 2.24) is 9.55 Å². The van der Waals surface area contributed by atoms with Gasteiger partial charge in [0.15, 0.2) is 0 Å². The second-order valence-corrected chi connectivity index (χ2v) is 7.61. The molecule has 0 atom stereocenters. The number of esters is 1. The van der Waals surface area contributed by atoms with E-state index in [1.165, 1.54) is 16.6 Å². The Morgan fingerprint density at radius 2 is 2.07 bits per heavy atom. The van der Waals surface area contributed by atoms with Gasteiger partial charge in [-0.3, -0.25) is 14.2 Å². The van der Waals surface area contributed by atoms with Crippen LogP contribution in [-0.4, -0.2) is 29.7 Å². The Labute approximate surface area is 160 Å². The quantitative estimate of drug-likeness (QED) is 0.646. The zero-order chi connectivity index (χ0) is 19.0. The van der Waals surface area contributed by atoms with Gasteiger partial charge in [0.2, 0.25) is 0 Å². The fourth-order valence-corrected chi connectivity index (χ4v) is 4.81. The van der Waals surface area contributed by atoms with Crippen molar-refractivity contribution in [3.63, 3.8) is 0 Å². The second kappa shape index (κ2) is 7.15. The molecule has 2 heterocycles. The van der Waals surface area contributed by atoms with Crippen molar-refractivity contribution in [3.8, 4) is 17.1 Å². The van der Waals surface area contributed by atoms with Crippen molar-refractivity contribution in [2.45, 2.75) is 32.2 Å². The van der Waals surface area contributed by atoms with Crippen LogP contribution in [0.2, 0.25) is 0 Å². The van der Waals surface area contributed by atoms with Crippen molar-refractivity contribution < 1.29 is 14.3 Å². The van der Waals surface area contributed by atoms with Gasteiger partial charge in [-0.05, 0) is 43.4 Å². The fourth-order valence-electron chi connectivity index (χ4n) is 3.56. The van der Waals surface area contributed by atoms with Crippen LogP contribution in [0, 0.1) is 0 Å². The molecule has 6 nitrogen and oxygen atoms in total. The smallest absolute Gasteiger partial charge is 0.325 e. The third-order valence-corrected chi connectivity index (χ3v) is 6.10. The zero-order valence-corrected chi connectivity index (χ0v) is 16.1. The van der Waals surface area contributed by atoms with Crippen LogP contribution in [-0.2, 0) is 28.9 Å². The molecule has 3 aromatic rings. The minimum absolute atomic E-state index is 0.171. The lowest BCUT2D eigenvalue weighted by molar-refractivity contribution is -0.141. The molecule has 0 saturated heterocycles. The fraction of sp³-hybridized carbons (Fsp3) is 0.350.